The zero-order valence-corrected chi connectivity index (χ0v) is 20.8. The van der Waals surface area contributed by atoms with Gasteiger partial charge in [-0.25, -0.2) is 13.4 Å². The molecule has 1 saturated heterocycles. The average molecular weight is 498 g/mol. The molecular weight excluding hydrogens is 470 g/mol. The third-order valence-electron chi connectivity index (χ3n) is 5.32. The van der Waals surface area contributed by atoms with Crippen LogP contribution in [-0.4, -0.2) is 49.1 Å². The number of carbonyl (C=O) groups excluding carboxylic acids is 1. The molecule has 0 spiro atoms. The van der Waals surface area contributed by atoms with Crippen LogP contribution < -0.4 is 10.1 Å². The van der Waals surface area contributed by atoms with Gasteiger partial charge in [0.25, 0.3) is 0 Å². The molecule has 0 saturated carbocycles. The molecule has 3 rings (SSSR count). The number of aromatic nitrogens is 1. The van der Waals surface area contributed by atoms with E-state index in [4.69, 9.17) is 16.3 Å². The summed E-state index contributed by atoms with van der Waals surface area (Å²) >= 11 is 7.37. The lowest BCUT2D eigenvalue weighted by atomic mass is 10.2. The maximum Gasteiger partial charge on any atom is 0.244 e. The average Bonchev–Trinajstić information content (AvgIpc) is 3.06. The van der Waals surface area contributed by atoms with Gasteiger partial charge < -0.3 is 10.1 Å². The van der Waals surface area contributed by atoms with E-state index in [0.717, 1.165) is 31.2 Å². The van der Waals surface area contributed by atoms with E-state index in [1.165, 1.54) is 25.1 Å². The number of ether oxygens (including phenoxy) is 1. The molecule has 1 fully saturated rings. The molecule has 174 valence electrons. The van der Waals surface area contributed by atoms with Crippen LogP contribution in [0.3, 0.4) is 0 Å². The summed E-state index contributed by atoms with van der Waals surface area (Å²) in [5, 5.41) is 3.53. The van der Waals surface area contributed by atoms with Crippen LogP contribution in [0.2, 0.25) is 5.02 Å². The number of halogens is 1. The number of carbonyl (C=O) groups is 1. The van der Waals surface area contributed by atoms with Gasteiger partial charge in [0.1, 0.15) is 10.6 Å². The number of methoxy groups -OCH3 is 1. The molecule has 1 aromatic heterocycles. The molecule has 1 amide bonds. The maximum atomic E-state index is 12.9. The molecule has 32 heavy (non-hydrogen) atoms. The van der Waals surface area contributed by atoms with Gasteiger partial charge in [-0.3, -0.25) is 4.79 Å². The van der Waals surface area contributed by atoms with E-state index in [0.29, 0.717) is 34.6 Å². The summed E-state index contributed by atoms with van der Waals surface area (Å²) in [6.45, 7) is 4.70. The number of benzene rings is 1. The molecule has 2 heterocycles. The molecule has 0 radical (unpaired) electrons. The number of amides is 1. The first-order valence-corrected chi connectivity index (χ1v) is 13.2. The Bertz CT molecular complexity index is 1050. The van der Waals surface area contributed by atoms with Crippen LogP contribution >= 0.6 is 23.4 Å². The molecule has 1 N–H and O–H groups in total. The van der Waals surface area contributed by atoms with Crippen LogP contribution in [0.1, 0.15) is 38.2 Å². The number of hydrogen-bond acceptors (Lipinski definition) is 6. The number of hydrogen-bond donors (Lipinski definition) is 1. The van der Waals surface area contributed by atoms with Gasteiger partial charge in [-0.05, 0) is 50.5 Å². The zero-order valence-electron chi connectivity index (χ0n) is 18.4. The molecular formula is C22H28ClN3O4S2. The van der Waals surface area contributed by atoms with Crippen molar-refractivity contribution < 1.29 is 17.9 Å². The smallest absolute Gasteiger partial charge is 0.244 e. The fraction of sp³-hybridized carbons (Fsp3) is 0.455. The van der Waals surface area contributed by atoms with Crippen molar-refractivity contribution in [3.63, 3.8) is 0 Å². The Morgan fingerprint density at radius 3 is 2.50 bits per heavy atom. The summed E-state index contributed by atoms with van der Waals surface area (Å²) in [6, 6.07) is 6.63. The van der Waals surface area contributed by atoms with Gasteiger partial charge in [-0.2, -0.15) is 4.31 Å². The van der Waals surface area contributed by atoms with E-state index in [1.807, 2.05) is 6.92 Å². The number of nitrogens with one attached hydrogen (secondary N) is 1. The second kappa shape index (κ2) is 10.9. The van der Waals surface area contributed by atoms with Crippen LogP contribution in [0.25, 0.3) is 0 Å². The molecule has 1 atom stereocenters. The molecule has 0 bridgehead atoms. The molecule has 10 heteroatoms. The minimum atomic E-state index is -3.55. The van der Waals surface area contributed by atoms with Crippen molar-refractivity contribution >= 4 is 45.0 Å². The first-order valence-electron chi connectivity index (χ1n) is 10.5. The molecule has 1 unspecified atom stereocenters. The van der Waals surface area contributed by atoms with Crippen LogP contribution in [0.15, 0.2) is 40.4 Å². The Balaban J connectivity index is 1.66. The second-order valence-corrected chi connectivity index (χ2v) is 11.4. The van der Waals surface area contributed by atoms with E-state index >= 15 is 0 Å². The highest BCUT2D eigenvalue weighted by atomic mass is 35.5. The van der Waals surface area contributed by atoms with E-state index in [9.17, 15) is 13.2 Å². The topological polar surface area (TPSA) is 88.6 Å². The number of thioether (sulfide) groups is 1. The van der Waals surface area contributed by atoms with Gasteiger partial charge in [-0.15, -0.1) is 0 Å². The summed E-state index contributed by atoms with van der Waals surface area (Å²) in [4.78, 5) is 17.2. The number of nitrogens with zero attached hydrogens (tertiary/aromatic N) is 2. The predicted octanol–water partition coefficient (Wildman–Crippen LogP) is 4.74. The molecule has 1 aliphatic heterocycles. The van der Waals surface area contributed by atoms with E-state index < -0.39 is 15.3 Å². The summed E-state index contributed by atoms with van der Waals surface area (Å²) in [7, 11) is -2.03. The van der Waals surface area contributed by atoms with E-state index in [2.05, 4.69) is 10.3 Å². The number of anilines is 1. The fourth-order valence-corrected chi connectivity index (χ4v) is 5.82. The van der Waals surface area contributed by atoms with Crippen molar-refractivity contribution in [3.8, 4) is 5.75 Å². The van der Waals surface area contributed by atoms with Crippen molar-refractivity contribution in [2.75, 3.05) is 25.5 Å². The lowest BCUT2D eigenvalue weighted by molar-refractivity contribution is -0.115. The minimum absolute atomic E-state index is 0.183. The van der Waals surface area contributed by atoms with Crippen molar-refractivity contribution in [3.05, 3.63) is 41.0 Å². The largest absolute Gasteiger partial charge is 0.495 e. The van der Waals surface area contributed by atoms with Crippen LogP contribution in [0.5, 0.6) is 5.75 Å². The molecule has 7 nitrogen and oxygen atoms in total. The summed E-state index contributed by atoms with van der Waals surface area (Å²) in [5.74, 6) is 0.255. The lowest BCUT2D eigenvalue weighted by Crippen LogP contribution is -2.32. The van der Waals surface area contributed by atoms with Gasteiger partial charge in [0.05, 0.1) is 23.1 Å². The number of rotatable bonds is 7. The zero-order chi connectivity index (χ0) is 23.3. The summed E-state index contributed by atoms with van der Waals surface area (Å²) < 4.78 is 32.6. The van der Waals surface area contributed by atoms with Crippen molar-refractivity contribution in [1.82, 2.24) is 9.29 Å². The Morgan fingerprint density at radius 1 is 1.22 bits per heavy atom. The second-order valence-electron chi connectivity index (χ2n) is 7.70. The number of pyridine rings is 1. The standard InChI is InChI=1S/C22H28ClN3O4S2/c1-15-12-19(20(30-3)13-18(15)23)25-22(27)16(2)31-21-9-8-17(14-24-21)32(28,29)26-10-6-4-5-7-11-26/h8-9,12-14,16H,4-7,10-11H2,1-3H3,(H,25,27). The third-order valence-corrected chi connectivity index (χ3v) is 8.66. The normalized spacial score (nSPS) is 16.2. The SMILES string of the molecule is COc1cc(Cl)c(C)cc1NC(=O)C(C)Sc1ccc(S(=O)(=O)N2CCCCCC2)cn1. The minimum Gasteiger partial charge on any atom is -0.495 e. The van der Waals surface area contributed by atoms with E-state index in [1.54, 1.807) is 35.5 Å². The number of aryl methyl sites for hydroxylation is 1. The van der Waals surface area contributed by atoms with E-state index in [-0.39, 0.29) is 10.8 Å². The van der Waals surface area contributed by atoms with Gasteiger partial charge in [-0.1, -0.05) is 36.2 Å². The number of sulfonamides is 1. The highest BCUT2D eigenvalue weighted by molar-refractivity contribution is 8.00. The Kier molecular flexibility index (Phi) is 8.43. The van der Waals surface area contributed by atoms with Gasteiger partial charge >= 0.3 is 0 Å². The van der Waals surface area contributed by atoms with Crippen LogP contribution in [0.4, 0.5) is 5.69 Å². The van der Waals surface area contributed by atoms with Gasteiger partial charge in [0, 0.05) is 30.4 Å². The Hall–Kier alpha value is -1.81. The van der Waals surface area contributed by atoms with Crippen molar-refractivity contribution in [2.24, 2.45) is 0 Å². The fourth-order valence-electron chi connectivity index (χ4n) is 3.42. The lowest BCUT2D eigenvalue weighted by Gasteiger charge is -2.20. The monoisotopic (exact) mass is 497 g/mol. The highest BCUT2D eigenvalue weighted by Crippen LogP contribution is 2.32. The van der Waals surface area contributed by atoms with Gasteiger partial charge in [0.15, 0.2) is 0 Å². The third kappa shape index (κ3) is 5.95. The van der Waals surface area contributed by atoms with Crippen molar-refractivity contribution in [1.29, 1.82) is 0 Å². The first kappa shape index (κ1) is 24.8. The summed E-state index contributed by atoms with van der Waals surface area (Å²) in [5.41, 5.74) is 1.37. The predicted molar refractivity (Wildman–Crippen MR) is 128 cm³/mol. The molecule has 1 aromatic carbocycles. The quantitative estimate of drug-likeness (QED) is 0.556. The van der Waals surface area contributed by atoms with Crippen LogP contribution in [0, 0.1) is 6.92 Å². The first-order chi connectivity index (χ1) is 15.2. The summed E-state index contributed by atoms with van der Waals surface area (Å²) in [6.07, 6.45) is 5.25. The Labute approximate surface area is 198 Å². The molecule has 0 aliphatic carbocycles. The molecule has 1 aliphatic rings. The van der Waals surface area contributed by atoms with Gasteiger partial charge in [0.2, 0.25) is 15.9 Å². The van der Waals surface area contributed by atoms with Crippen molar-refractivity contribution in [2.45, 2.75) is 54.7 Å². The maximum absolute atomic E-state index is 12.9. The molecule has 2 aromatic rings. The Morgan fingerprint density at radius 2 is 1.91 bits per heavy atom. The highest BCUT2D eigenvalue weighted by Gasteiger charge is 2.26. The van der Waals surface area contributed by atoms with Crippen LogP contribution in [-0.2, 0) is 14.8 Å².